The van der Waals surface area contributed by atoms with Crippen molar-refractivity contribution in [2.24, 2.45) is 0 Å². The Kier molecular flexibility index (Phi) is 5.35. The Morgan fingerprint density at radius 3 is 2.52 bits per heavy atom. The lowest BCUT2D eigenvalue weighted by molar-refractivity contribution is 0.102. The highest BCUT2D eigenvalue weighted by molar-refractivity contribution is 7.10. The Balaban J connectivity index is 1.69. The van der Waals surface area contributed by atoms with Gasteiger partial charge in [0.1, 0.15) is 5.82 Å². The van der Waals surface area contributed by atoms with Crippen molar-refractivity contribution in [2.75, 3.05) is 23.3 Å². The first-order valence-corrected chi connectivity index (χ1v) is 8.90. The minimum atomic E-state index is -0.241. The highest BCUT2D eigenvalue weighted by atomic mass is 32.1. The summed E-state index contributed by atoms with van der Waals surface area (Å²) in [7, 11) is 0. The lowest BCUT2D eigenvalue weighted by Gasteiger charge is -2.19. The molecular formula is C18H19N5OS. The third-order valence-electron chi connectivity index (χ3n) is 3.78. The molecule has 128 valence electrons. The van der Waals surface area contributed by atoms with Crippen LogP contribution in [0.1, 0.15) is 24.2 Å². The molecule has 3 rings (SSSR count). The molecule has 0 atom stereocenters. The molecule has 0 radical (unpaired) electrons. The number of nitrogens with zero attached hydrogens (tertiary/aromatic N) is 4. The molecule has 0 unspecified atom stereocenters. The van der Waals surface area contributed by atoms with Crippen LogP contribution in [-0.2, 0) is 0 Å². The Hall–Kier alpha value is -2.80. The van der Waals surface area contributed by atoms with E-state index in [-0.39, 0.29) is 5.91 Å². The number of nitrogens with one attached hydrogen (secondary N) is 1. The van der Waals surface area contributed by atoms with Crippen LogP contribution >= 0.6 is 11.5 Å². The second-order valence-corrected chi connectivity index (χ2v) is 6.07. The molecule has 2 heterocycles. The Morgan fingerprint density at radius 1 is 1.12 bits per heavy atom. The molecule has 0 saturated heterocycles. The van der Waals surface area contributed by atoms with Crippen LogP contribution in [0.4, 0.5) is 10.9 Å². The van der Waals surface area contributed by atoms with Gasteiger partial charge in [0.15, 0.2) is 5.82 Å². The molecule has 25 heavy (non-hydrogen) atoms. The van der Waals surface area contributed by atoms with Gasteiger partial charge in [-0.25, -0.2) is 4.98 Å². The standard InChI is InChI=1S/C18H19N5OS/c1-3-23(4-2)15-11-10-14(12-19-15)17(24)21-18-20-16(22-25-18)13-8-6-5-7-9-13/h5-12H,3-4H2,1-2H3,(H,20,21,22,24). The predicted octanol–water partition coefficient (Wildman–Crippen LogP) is 3.70. The second-order valence-electron chi connectivity index (χ2n) is 5.32. The van der Waals surface area contributed by atoms with Gasteiger partial charge in [-0.2, -0.15) is 9.36 Å². The summed E-state index contributed by atoms with van der Waals surface area (Å²) in [4.78, 5) is 23.2. The summed E-state index contributed by atoms with van der Waals surface area (Å²) in [5, 5.41) is 3.25. The molecule has 0 saturated carbocycles. The van der Waals surface area contributed by atoms with Crippen molar-refractivity contribution < 1.29 is 4.79 Å². The molecule has 0 fully saturated rings. The summed E-state index contributed by atoms with van der Waals surface area (Å²) in [5.41, 5.74) is 1.41. The van der Waals surface area contributed by atoms with Gasteiger partial charge in [0, 0.05) is 36.4 Å². The first-order chi connectivity index (χ1) is 12.2. The van der Waals surface area contributed by atoms with Crippen molar-refractivity contribution >= 4 is 28.4 Å². The zero-order chi connectivity index (χ0) is 17.6. The zero-order valence-electron chi connectivity index (χ0n) is 14.1. The number of amides is 1. The molecular weight excluding hydrogens is 334 g/mol. The number of benzene rings is 1. The Bertz CT molecular complexity index is 828. The fourth-order valence-corrected chi connectivity index (χ4v) is 2.99. The zero-order valence-corrected chi connectivity index (χ0v) is 15.0. The average Bonchev–Trinajstić information content (AvgIpc) is 3.12. The number of anilines is 2. The highest BCUT2D eigenvalue weighted by Gasteiger charge is 2.12. The first-order valence-electron chi connectivity index (χ1n) is 8.12. The van der Waals surface area contributed by atoms with Gasteiger partial charge in [0.05, 0.1) is 5.56 Å². The molecule has 2 aromatic heterocycles. The SMILES string of the molecule is CCN(CC)c1ccc(C(=O)Nc2nc(-c3ccccc3)ns2)cn1. The third-order valence-corrected chi connectivity index (χ3v) is 4.41. The van der Waals surface area contributed by atoms with Crippen LogP contribution in [-0.4, -0.2) is 33.3 Å². The third kappa shape index (κ3) is 4.00. The lowest BCUT2D eigenvalue weighted by atomic mass is 10.2. The smallest absolute Gasteiger partial charge is 0.259 e. The van der Waals surface area contributed by atoms with Crippen LogP contribution in [0.2, 0.25) is 0 Å². The normalized spacial score (nSPS) is 10.5. The van der Waals surface area contributed by atoms with Crippen molar-refractivity contribution in [3.8, 4) is 11.4 Å². The maximum atomic E-state index is 12.4. The molecule has 0 spiro atoms. The maximum Gasteiger partial charge on any atom is 0.259 e. The van der Waals surface area contributed by atoms with Gasteiger partial charge < -0.3 is 4.90 Å². The monoisotopic (exact) mass is 353 g/mol. The van der Waals surface area contributed by atoms with Gasteiger partial charge in [0.2, 0.25) is 5.13 Å². The van der Waals surface area contributed by atoms with Crippen molar-refractivity contribution in [1.29, 1.82) is 0 Å². The van der Waals surface area contributed by atoms with Gasteiger partial charge >= 0.3 is 0 Å². The minimum Gasteiger partial charge on any atom is -0.357 e. The summed E-state index contributed by atoms with van der Waals surface area (Å²) >= 11 is 1.16. The maximum absolute atomic E-state index is 12.4. The number of hydrogen-bond donors (Lipinski definition) is 1. The van der Waals surface area contributed by atoms with Crippen LogP contribution in [0, 0.1) is 0 Å². The van der Waals surface area contributed by atoms with Gasteiger partial charge in [0.25, 0.3) is 5.91 Å². The van der Waals surface area contributed by atoms with Crippen LogP contribution in [0.3, 0.4) is 0 Å². The van der Waals surface area contributed by atoms with Crippen molar-refractivity contribution in [2.45, 2.75) is 13.8 Å². The number of rotatable bonds is 6. The molecule has 0 aliphatic heterocycles. The molecule has 7 heteroatoms. The molecule has 3 aromatic rings. The first kappa shape index (κ1) is 17.0. The Labute approximate surface area is 150 Å². The van der Waals surface area contributed by atoms with E-state index in [0.29, 0.717) is 16.5 Å². The van der Waals surface area contributed by atoms with Crippen LogP contribution in [0.25, 0.3) is 11.4 Å². The van der Waals surface area contributed by atoms with Crippen molar-refractivity contribution in [3.05, 3.63) is 54.2 Å². The summed E-state index contributed by atoms with van der Waals surface area (Å²) in [5.74, 6) is 1.23. The molecule has 1 amide bonds. The number of carbonyl (C=O) groups is 1. The largest absolute Gasteiger partial charge is 0.357 e. The van der Waals surface area contributed by atoms with E-state index in [1.54, 1.807) is 12.3 Å². The summed E-state index contributed by atoms with van der Waals surface area (Å²) in [6, 6.07) is 13.3. The van der Waals surface area contributed by atoms with E-state index in [0.717, 1.165) is 36.0 Å². The fourth-order valence-electron chi connectivity index (χ4n) is 2.40. The predicted molar refractivity (Wildman–Crippen MR) is 101 cm³/mol. The minimum absolute atomic E-state index is 0.241. The number of carbonyl (C=O) groups excluding carboxylic acids is 1. The lowest BCUT2D eigenvalue weighted by Crippen LogP contribution is -2.23. The molecule has 1 aromatic carbocycles. The molecule has 0 aliphatic carbocycles. The van der Waals surface area contributed by atoms with Gasteiger partial charge in [-0.1, -0.05) is 30.3 Å². The second kappa shape index (κ2) is 7.85. The van der Waals surface area contributed by atoms with E-state index in [9.17, 15) is 4.79 Å². The Morgan fingerprint density at radius 2 is 1.88 bits per heavy atom. The van der Waals surface area contributed by atoms with E-state index >= 15 is 0 Å². The van der Waals surface area contributed by atoms with Gasteiger partial charge in [-0.15, -0.1) is 0 Å². The summed E-state index contributed by atoms with van der Waals surface area (Å²) in [6.07, 6.45) is 1.59. The quantitative estimate of drug-likeness (QED) is 0.732. The summed E-state index contributed by atoms with van der Waals surface area (Å²) in [6.45, 7) is 5.90. The van der Waals surface area contributed by atoms with E-state index < -0.39 is 0 Å². The van der Waals surface area contributed by atoms with Crippen LogP contribution < -0.4 is 10.2 Å². The fraction of sp³-hybridized carbons (Fsp3) is 0.222. The average molecular weight is 353 g/mol. The molecule has 6 nitrogen and oxygen atoms in total. The van der Waals surface area contributed by atoms with E-state index in [4.69, 9.17) is 0 Å². The van der Waals surface area contributed by atoms with Crippen LogP contribution in [0.5, 0.6) is 0 Å². The summed E-state index contributed by atoms with van der Waals surface area (Å²) < 4.78 is 4.29. The number of pyridine rings is 1. The molecule has 0 aliphatic rings. The van der Waals surface area contributed by atoms with Gasteiger partial charge in [-0.3, -0.25) is 10.1 Å². The number of hydrogen-bond acceptors (Lipinski definition) is 6. The highest BCUT2D eigenvalue weighted by Crippen LogP contribution is 2.21. The number of aromatic nitrogens is 3. The van der Waals surface area contributed by atoms with Crippen molar-refractivity contribution in [3.63, 3.8) is 0 Å². The van der Waals surface area contributed by atoms with E-state index in [1.807, 2.05) is 36.4 Å². The van der Waals surface area contributed by atoms with Gasteiger partial charge in [-0.05, 0) is 26.0 Å². The van der Waals surface area contributed by atoms with Crippen molar-refractivity contribution in [1.82, 2.24) is 14.3 Å². The molecule has 0 bridgehead atoms. The topological polar surface area (TPSA) is 71.0 Å². The van der Waals surface area contributed by atoms with E-state index in [1.165, 1.54) is 0 Å². The van der Waals surface area contributed by atoms with E-state index in [2.05, 4.69) is 38.4 Å². The molecule has 1 N–H and O–H groups in total. The van der Waals surface area contributed by atoms with Crippen LogP contribution in [0.15, 0.2) is 48.7 Å².